The van der Waals surface area contributed by atoms with E-state index >= 15 is 0 Å². The monoisotopic (exact) mass is 454 g/mol. The SMILES string of the molecule is Cc1cc(C)c(NCCNCCNc2c(C)cccc2C)c(C)c1.[Cl-].[Cl-].[Co+2]. The average Bonchev–Trinajstić information content (AvgIpc) is 2.50. The summed E-state index contributed by atoms with van der Waals surface area (Å²) in [5.74, 6) is 0. The van der Waals surface area contributed by atoms with Gasteiger partial charge in [-0.3, -0.25) is 0 Å². The Morgan fingerprint density at radius 1 is 0.630 bits per heavy atom. The molecule has 0 saturated carbocycles. The van der Waals surface area contributed by atoms with Crippen LogP contribution in [-0.4, -0.2) is 26.2 Å². The van der Waals surface area contributed by atoms with Gasteiger partial charge in [0.15, 0.2) is 0 Å². The molecule has 0 spiro atoms. The molecule has 27 heavy (non-hydrogen) atoms. The number of hydrogen-bond donors (Lipinski definition) is 3. The molecule has 0 aromatic heterocycles. The Kier molecular flexibility index (Phi) is 14.8. The van der Waals surface area contributed by atoms with Gasteiger partial charge in [-0.2, -0.15) is 0 Å². The van der Waals surface area contributed by atoms with Gasteiger partial charge in [0.2, 0.25) is 0 Å². The molecule has 0 aliphatic rings. The predicted octanol–water partition coefficient (Wildman–Crippen LogP) is -1.65. The summed E-state index contributed by atoms with van der Waals surface area (Å²) in [6.07, 6.45) is 0. The molecule has 0 aliphatic carbocycles. The van der Waals surface area contributed by atoms with E-state index in [2.05, 4.69) is 80.9 Å². The first-order valence-electron chi connectivity index (χ1n) is 8.81. The molecule has 0 amide bonds. The van der Waals surface area contributed by atoms with Gasteiger partial charge in [0, 0.05) is 37.6 Å². The minimum atomic E-state index is 0. The number of benzene rings is 2. The fourth-order valence-electron chi connectivity index (χ4n) is 3.23. The fraction of sp³-hybridized carbons (Fsp3) is 0.429. The van der Waals surface area contributed by atoms with Crippen LogP contribution in [0.25, 0.3) is 0 Å². The summed E-state index contributed by atoms with van der Waals surface area (Å²) in [5, 5.41) is 10.6. The molecule has 2 rings (SSSR count). The molecular weight excluding hydrogens is 424 g/mol. The van der Waals surface area contributed by atoms with Crippen LogP contribution in [0.5, 0.6) is 0 Å². The molecule has 6 heteroatoms. The van der Waals surface area contributed by atoms with E-state index in [0.29, 0.717) is 0 Å². The molecule has 0 unspecified atom stereocenters. The molecule has 2 aromatic rings. The first-order valence-corrected chi connectivity index (χ1v) is 8.81. The topological polar surface area (TPSA) is 36.1 Å². The second-order valence-electron chi connectivity index (χ2n) is 6.64. The zero-order valence-corrected chi connectivity index (χ0v) is 19.4. The third-order valence-electron chi connectivity index (χ3n) is 4.37. The molecule has 0 aliphatic heterocycles. The van der Waals surface area contributed by atoms with Crippen LogP contribution in [0.1, 0.15) is 27.8 Å². The van der Waals surface area contributed by atoms with Gasteiger partial charge >= 0.3 is 16.8 Å². The Morgan fingerprint density at radius 3 is 1.48 bits per heavy atom. The van der Waals surface area contributed by atoms with E-state index in [1.54, 1.807) is 0 Å². The summed E-state index contributed by atoms with van der Waals surface area (Å²) in [6, 6.07) is 10.9. The van der Waals surface area contributed by atoms with Crippen LogP contribution in [0.3, 0.4) is 0 Å². The van der Waals surface area contributed by atoms with Crippen LogP contribution in [0.15, 0.2) is 30.3 Å². The van der Waals surface area contributed by atoms with Gasteiger partial charge in [-0.05, 0) is 56.9 Å². The summed E-state index contributed by atoms with van der Waals surface area (Å²) in [6.45, 7) is 14.6. The first kappa shape index (κ1) is 28.3. The Balaban J connectivity index is 0. The Bertz CT molecular complexity index is 650. The Hall–Kier alpha value is -0.914. The molecule has 0 bridgehead atoms. The average molecular weight is 455 g/mol. The van der Waals surface area contributed by atoms with Crippen LogP contribution < -0.4 is 40.8 Å². The fourth-order valence-corrected chi connectivity index (χ4v) is 3.23. The molecule has 153 valence electrons. The van der Waals surface area contributed by atoms with Crippen molar-refractivity contribution in [3.05, 3.63) is 58.1 Å². The third kappa shape index (κ3) is 8.75. The van der Waals surface area contributed by atoms with Crippen molar-refractivity contribution in [2.24, 2.45) is 0 Å². The zero-order valence-electron chi connectivity index (χ0n) is 16.8. The summed E-state index contributed by atoms with van der Waals surface area (Å²) in [7, 11) is 0. The Morgan fingerprint density at radius 2 is 1.04 bits per heavy atom. The minimum absolute atomic E-state index is 0. The number of halogens is 2. The summed E-state index contributed by atoms with van der Waals surface area (Å²) < 4.78 is 0. The number of rotatable bonds is 8. The van der Waals surface area contributed by atoms with Gasteiger partial charge in [-0.15, -0.1) is 0 Å². The second-order valence-corrected chi connectivity index (χ2v) is 6.64. The van der Waals surface area contributed by atoms with Crippen molar-refractivity contribution in [3.8, 4) is 0 Å². The van der Waals surface area contributed by atoms with Crippen molar-refractivity contribution in [1.82, 2.24) is 5.32 Å². The number of anilines is 2. The van der Waals surface area contributed by atoms with Gasteiger partial charge in [0.25, 0.3) is 0 Å². The predicted molar refractivity (Wildman–Crippen MR) is 106 cm³/mol. The van der Waals surface area contributed by atoms with E-state index in [0.717, 1.165) is 26.2 Å². The van der Waals surface area contributed by atoms with E-state index in [1.165, 1.54) is 39.2 Å². The van der Waals surface area contributed by atoms with Gasteiger partial charge in [-0.25, -0.2) is 0 Å². The molecule has 0 saturated heterocycles. The van der Waals surface area contributed by atoms with Crippen LogP contribution in [0, 0.1) is 34.6 Å². The van der Waals surface area contributed by atoms with Crippen molar-refractivity contribution in [1.29, 1.82) is 0 Å². The summed E-state index contributed by atoms with van der Waals surface area (Å²) in [4.78, 5) is 0. The van der Waals surface area contributed by atoms with Crippen LogP contribution in [0.4, 0.5) is 11.4 Å². The first-order chi connectivity index (χ1) is 11.5. The van der Waals surface area contributed by atoms with Gasteiger partial charge in [0.1, 0.15) is 0 Å². The maximum Gasteiger partial charge on any atom is 2.00 e. The van der Waals surface area contributed by atoms with Crippen molar-refractivity contribution >= 4 is 11.4 Å². The van der Waals surface area contributed by atoms with Crippen molar-refractivity contribution in [2.45, 2.75) is 34.6 Å². The van der Waals surface area contributed by atoms with Crippen LogP contribution in [-0.2, 0) is 16.8 Å². The summed E-state index contributed by atoms with van der Waals surface area (Å²) >= 11 is 0. The van der Waals surface area contributed by atoms with Crippen molar-refractivity contribution in [3.63, 3.8) is 0 Å². The normalized spacial score (nSPS) is 9.52. The molecule has 0 heterocycles. The molecule has 3 N–H and O–H groups in total. The number of aryl methyl sites for hydroxylation is 5. The third-order valence-corrected chi connectivity index (χ3v) is 4.37. The largest absolute Gasteiger partial charge is 2.00 e. The second kappa shape index (κ2) is 14.1. The molecular formula is C21H31Cl2CoN3. The van der Waals surface area contributed by atoms with Crippen molar-refractivity contribution < 1.29 is 41.6 Å². The van der Waals surface area contributed by atoms with Crippen molar-refractivity contribution in [2.75, 3.05) is 36.8 Å². The zero-order chi connectivity index (χ0) is 17.5. The molecule has 0 atom stereocenters. The van der Waals surface area contributed by atoms with Gasteiger partial charge in [-0.1, -0.05) is 35.9 Å². The molecule has 1 radical (unpaired) electrons. The number of hydrogen-bond acceptors (Lipinski definition) is 3. The van der Waals surface area contributed by atoms with E-state index in [-0.39, 0.29) is 41.6 Å². The smallest absolute Gasteiger partial charge is 1.00 e. The van der Waals surface area contributed by atoms with Crippen LogP contribution >= 0.6 is 0 Å². The van der Waals surface area contributed by atoms with Gasteiger partial charge in [0.05, 0.1) is 0 Å². The quantitative estimate of drug-likeness (QED) is 0.418. The molecule has 3 nitrogen and oxygen atoms in total. The standard InChI is InChI=1S/C21H31N3.2ClH.Co/c1-15-13-18(4)21(19(5)14-15)24-12-10-22-9-11-23-20-16(2)7-6-8-17(20)3;;;/h6-8,13-14,22-24H,9-12H2,1-5H3;2*1H;/q;;;+2/p-2. The van der Waals surface area contributed by atoms with E-state index < -0.39 is 0 Å². The summed E-state index contributed by atoms with van der Waals surface area (Å²) in [5.41, 5.74) is 9.13. The maximum absolute atomic E-state index is 3.55. The Labute approximate surface area is 187 Å². The maximum atomic E-state index is 3.55. The number of para-hydroxylation sites is 1. The number of nitrogens with one attached hydrogen (secondary N) is 3. The van der Waals surface area contributed by atoms with Crippen LogP contribution in [0.2, 0.25) is 0 Å². The minimum Gasteiger partial charge on any atom is -1.00 e. The molecule has 0 fully saturated rings. The van der Waals surface area contributed by atoms with E-state index in [1.807, 2.05) is 0 Å². The van der Waals surface area contributed by atoms with E-state index in [4.69, 9.17) is 0 Å². The van der Waals surface area contributed by atoms with E-state index in [9.17, 15) is 0 Å². The van der Waals surface area contributed by atoms with Gasteiger partial charge < -0.3 is 40.8 Å². The molecule has 2 aromatic carbocycles.